The summed E-state index contributed by atoms with van der Waals surface area (Å²) in [7, 11) is -5.13. The van der Waals surface area contributed by atoms with Crippen LogP contribution in [0.4, 0.5) is 0 Å². The van der Waals surface area contributed by atoms with Crippen LogP contribution in [0.3, 0.4) is 0 Å². The number of phosphoric ester groups is 1. The molecule has 14 heteroatoms. The maximum Gasteiger partial charge on any atom is 0.472 e. The average Bonchev–Trinajstić information content (AvgIpc) is 3.00. The minimum Gasteiger partial charge on any atom is -0.393 e. The quantitative estimate of drug-likeness (QED) is 0.0433. The lowest BCUT2D eigenvalue weighted by molar-refractivity contribution is -0.220. The van der Waals surface area contributed by atoms with Crippen LogP contribution in [0.15, 0.2) is 36.5 Å². The topological polar surface area (TPSA) is 226 Å². The van der Waals surface area contributed by atoms with Crippen LogP contribution in [-0.4, -0.2) is 108 Å². The Bertz CT molecular complexity index is 932. The first-order chi connectivity index (χ1) is 21.3. The molecule has 1 aliphatic carbocycles. The van der Waals surface area contributed by atoms with E-state index in [1.54, 1.807) is 6.08 Å². The predicted octanol–water partition coefficient (Wildman–Crippen LogP) is 1.90. The van der Waals surface area contributed by atoms with Gasteiger partial charge in [-0.25, -0.2) is 4.57 Å². The number of aliphatic hydroxyl groups is 7. The number of unbranched alkanes of at least 4 members (excludes halogenated alkanes) is 6. The third-order valence-electron chi connectivity index (χ3n) is 7.43. The summed E-state index contributed by atoms with van der Waals surface area (Å²) in [4.78, 5) is 23.0. The van der Waals surface area contributed by atoms with Gasteiger partial charge in [-0.1, -0.05) is 76.0 Å². The zero-order valence-corrected chi connectivity index (χ0v) is 27.4. The van der Waals surface area contributed by atoms with Gasteiger partial charge in [0.15, 0.2) is 0 Å². The third-order valence-corrected chi connectivity index (χ3v) is 8.41. The third kappa shape index (κ3) is 16.8. The minimum absolute atomic E-state index is 0.270. The fourth-order valence-electron chi connectivity index (χ4n) is 4.65. The van der Waals surface area contributed by atoms with E-state index in [1.165, 1.54) is 6.08 Å². The van der Waals surface area contributed by atoms with Crippen molar-refractivity contribution in [2.75, 3.05) is 6.61 Å². The van der Waals surface area contributed by atoms with Crippen LogP contribution in [0.2, 0.25) is 0 Å². The maximum atomic E-state index is 12.7. The molecule has 0 heterocycles. The molecule has 1 saturated carbocycles. The van der Waals surface area contributed by atoms with Crippen LogP contribution >= 0.6 is 7.82 Å². The van der Waals surface area contributed by atoms with Crippen molar-refractivity contribution in [3.63, 3.8) is 0 Å². The van der Waals surface area contributed by atoms with E-state index in [0.29, 0.717) is 19.3 Å². The molecule has 8 unspecified atom stereocenters. The Hall–Kier alpha value is -1.48. The Morgan fingerprint density at radius 3 is 1.96 bits per heavy atom. The highest BCUT2D eigenvalue weighted by molar-refractivity contribution is 7.47. The molecule has 45 heavy (non-hydrogen) atoms. The molecule has 0 bridgehead atoms. The molecule has 0 aromatic rings. The summed E-state index contributed by atoms with van der Waals surface area (Å²) in [6.45, 7) is 3.44. The fraction of sp³-hybridized carbons (Fsp3) is 0.774. The van der Waals surface area contributed by atoms with Gasteiger partial charge >= 0.3 is 7.82 Å². The van der Waals surface area contributed by atoms with Crippen LogP contribution in [0.1, 0.15) is 90.9 Å². The van der Waals surface area contributed by atoms with E-state index < -0.39 is 75.2 Å². The zero-order chi connectivity index (χ0) is 33.8. The Morgan fingerprint density at radius 2 is 1.33 bits per heavy atom. The molecular formula is C31H56NO12P. The van der Waals surface area contributed by atoms with E-state index >= 15 is 0 Å². The van der Waals surface area contributed by atoms with Gasteiger partial charge in [-0.05, 0) is 44.9 Å². The standard InChI is InChI=1S/C31H56NO12P/c1-3-5-7-9-11-13-14-16-18-22(33)20-25(35)32-23(24(34)19-17-15-12-10-8-6-4-2)21-43-45(41,42)44-31-29(39)27(37)26(36)28(38)30(31)40/h8-11,17,19,22-24,26-31,33-34,36-40H,3-7,12-16,18,20-21H2,1-2H3,(H,32,35)(H,41,42)/b10-8+,11-9-,19-17+. The first-order valence-corrected chi connectivity index (χ1v) is 17.5. The number of carbonyl (C=O) groups excluding carboxylic acids is 1. The summed E-state index contributed by atoms with van der Waals surface area (Å²) in [6.07, 6.45) is 6.27. The smallest absolute Gasteiger partial charge is 0.393 e. The fourth-order valence-corrected chi connectivity index (χ4v) is 5.62. The number of allylic oxidation sites excluding steroid dienone is 5. The van der Waals surface area contributed by atoms with Crippen LogP contribution in [0.25, 0.3) is 0 Å². The van der Waals surface area contributed by atoms with Gasteiger partial charge in [0.1, 0.15) is 36.6 Å². The van der Waals surface area contributed by atoms with Crippen molar-refractivity contribution < 1.29 is 59.0 Å². The second-order valence-electron chi connectivity index (χ2n) is 11.5. The molecule has 262 valence electrons. The number of hydrogen-bond donors (Lipinski definition) is 9. The monoisotopic (exact) mass is 665 g/mol. The summed E-state index contributed by atoms with van der Waals surface area (Å²) >= 11 is 0. The maximum absolute atomic E-state index is 12.7. The molecule has 1 amide bonds. The van der Waals surface area contributed by atoms with Crippen molar-refractivity contribution in [1.82, 2.24) is 5.32 Å². The first kappa shape index (κ1) is 41.5. The van der Waals surface area contributed by atoms with Crippen LogP contribution in [0, 0.1) is 0 Å². The molecular weight excluding hydrogens is 609 g/mol. The van der Waals surface area contributed by atoms with Crippen molar-refractivity contribution in [3.8, 4) is 0 Å². The first-order valence-electron chi connectivity index (χ1n) is 16.0. The van der Waals surface area contributed by atoms with Crippen LogP contribution in [-0.2, 0) is 18.4 Å². The van der Waals surface area contributed by atoms with E-state index in [9.17, 15) is 50.0 Å². The molecule has 9 N–H and O–H groups in total. The van der Waals surface area contributed by atoms with Gasteiger partial charge in [-0.2, -0.15) is 0 Å². The van der Waals surface area contributed by atoms with Crippen molar-refractivity contribution in [3.05, 3.63) is 36.5 Å². The Kier molecular flexibility index (Phi) is 21.2. The average molecular weight is 666 g/mol. The molecule has 1 aliphatic rings. The number of hydrogen-bond acceptors (Lipinski definition) is 11. The highest BCUT2D eigenvalue weighted by Gasteiger charge is 2.51. The molecule has 1 fully saturated rings. The van der Waals surface area contributed by atoms with Crippen LogP contribution < -0.4 is 5.32 Å². The highest BCUT2D eigenvalue weighted by atomic mass is 31.2. The molecule has 8 atom stereocenters. The summed E-state index contributed by atoms with van der Waals surface area (Å²) in [5, 5.41) is 73.3. The number of rotatable bonds is 23. The van der Waals surface area contributed by atoms with Gasteiger partial charge in [-0.15, -0.1) is 0 Å². The highest BCUT2D eigenvalue weighted by Crippen LogP contribution is 2.47. The Morgan fingerprint density at radius 1 is 0.778 bits per heavy atom. The van der Waals surface area contributed by atoms with Crippen molar-refractivity contribution in [2.24, 2.45) is 0 Å². The van der Waals surface area contributed by atoms with Gasteiger partial charge in [-0.3, -0.25) is 13.8 Å². The number of nitrogens with one attached hydrogen (secondary N) is 1. The largest absolute Gasteiger partial charge is 0.472 e. The Balaban J connectivity index is 2.78. The zero-order valence-electron chi connectivity index (χ0n) is 26.5. The molecule has 0 aliphatic heterocycles. The molecule has 1 rings (SSSR count). The van der Waals surface area contributed by atoms with E-state index in [1.807, 2.05) is 6.08 Å². The van der Waals surface area contributed by atoms with E-state index in [4.69, 9.17) is 9.05 Å². The number of amides is 1. The second-order valence-corrected chi connectivity index (χ2v) is 12.9. The summed E-state index contributed by atoms with van der Waals surface area (Å²) in [6, 6.07) is -1.26. The van der Waals surface area contributed by atoms with Gasteiger partial charge in [0.05, 0.1) is 31.3 Å². The summed E-state index contributed by atoms with van der Waals surface area (Å²) in [5.74, 6) is -0.627. The number of carbonyl (C=O) groups is 1. The number of phosphoric acid groups is 1. The van der Waals surface area contributed by atoms with Gasteiger partial charge in [0.25, 0.3) is 0 Å². The van der Waals surface area contributed by atoms with Crippen molar-refractivity contribution in [1.29, 1.82) is 0 Å². The molecule has 13 nitrogen and oxygen atoms in total. The molecule has 0 radical (unpaired) electrons. The van der Waals surface area contributed by atoms with E-state index in [0.717, 1.165) is 51.4 Å². The normalized spacial score (nSPS) is 27.6. The number of aliphatic hydroxyl groups excluding tert-OH is 7. The second kappa shape index (κ2) is 22.9. The molecule has 0 saturated heterocycles. The van der Waals surface area contributed by atoms with Gasteiger partial charge < -0.3 is 46.0 Å². The summed E-state index contributed by atoms with van der Waals surface area (Å²) < 4.78 is 22.5. The molecule has 0 aromatic carbocycles. The molecule has 0 spiro atoms. The lowest BCUT2D eigenvalue weighted by Gasteiger charge is -2.41. The van der Waals surface area contributed by atoms with E-state index in [-0.39, 0.29) is 6.42 Å². The predicted molar refractivity (Wildman–Crippen MR) is 169 cm³/mol. The SMILES string of the molecule is CCC/C=C/CC/C=C/C(O)C(COP(=O)(O)OC1C(O)C(O)C(O)C(O)C1O)NC(=O)CC(O)CCCC/C=C\CCCC. The Labute approximate surface area is 266 Å². The van der Waals surface area contributed by atoms with Crippen molar-refractivity contribution in [2.45, 2.75) is 146 Å². The molecule has 0 aromatic heterocycles. The lowest BCUT2D eigenvalue weighted by atomic mass is 9.85. The van der Waals surface area contributed by atoms with Crippen molar-refractivity contribution >= 4 is 13.7 Å². The summed E-state index contributed by atoms with van der Waals surface area (Å²) in [5.41, 5.74) is 0. The van der Waals surface area contributed by atoms with E-state index in [2.05, 4.69) is 37.4 Å². The van der Waals surface area contributed by atoms with Gasteiger partial charge in [0.2, 0.25) is 5.91 Å². The lowest BCUT2D eigenvalue weighted by Crippen LogP contribution is -2.64. The van der Waals surface area contributed by atoms with Crippen LogP contribution in [0.5, 0.6) is 0 Å². The van der Waals surface area contributed by atoms with Gasteiger partial charge in [0, 0.05) is 0 Å². The minimum atomic E-state index is -5.13.